The van der Waals surface area contributed by atoms with Crippen LogP contribution in [0, 0.1) is 0 Å². The number of hydrogen-bond donors (Lipinski definition) is 2. The van der Waals surface area contributed by atoms with Crippen molar-refractivity contribution >= 4 is 5.97 Å². The zero-order valence-corrected chi connectivity index (χ0v) is 13.2. The summed E-state index contributed by atoms with van der Waals surface area (Å²) >= 11 is 0. The number of carboxylic acids is 1. The van der Waals surface area contributed by atoms with Gasteiger partial charge in [0, 0.05) is 18.5 Å². The monoisotopic (exact) mass is 325 g/mol. The van der Waals surface area contributed by atoms with Crippen molar-refractivity contribution in [2.45, 2.75) is 24.8 Å². The highest BCUT2D eigenvalue weighted by atomic mass is 16.7. The zero-order valence-electron chi connectivity index (χ0n) is 13.2. The number of hydrogen-bond acceptors (Lipinski definition) is 4. The third kappa shape index (κ3) is 2.83. The second-order valence-corrected chi connectivity index (χ2v) is 6.46. The molecule has 2 aliphatic rings. The van der Waals surface area contributed by atoms with Crippen molar-refractivity contribution in [1.82, 2.24) is 5.32 Å². The van der Waals surface area contributed by atoms with Gasteiger partial charge in [0.15, 0.2) is 11.5 Å². The number of nitrogens with one attached hydrogen (secondary N) is 1. The van der Waals surface area contributed by atoms with Gasteiger partial charge in [-0.25, -0.2) is 4.79 Å². The predicted octanol–water partition coefficient (Wildman–Crippen LogP) is 2.93. The van der Waals surface area contributed by atoms with Crippen LogP contribution in [0.3, 0.4) is 0 Å². The summed E-state index contributed by atoms with van der Waals surface area (Å²) in [6.45, 7) is 1.82. The van der Waals surface area contributed by atoms with Crippen molar-refractivity contribution in [3.63, 3.8) is 0 Å². The number of rotatable bonds is 6. The van der Waals surface area contributed by atoms with Crippen LogP contribution in [0.1, 0.15) is 34.3 Å². The molecule has 1 saturated carbocycles. The first kappa shape index (κ1) is 15.0. The van der Waals surface area contributed by atoms with Crippen LogP contribution in [0.5, 0.6) is 11.5 Å². The van der Waals surface area contributed by atoms with Crippen molar-refractivity contribution in [3.05, 3.63) is 59.2 Å². The van der Waals surface area contributed by atoms with Crippen molar-refractivity contribution in [2.75, 3.05) is 13.3 Å². The van der Waals surface area contributed by atoms with Gasteiger partial charge in [0.1, 0.15) is 0 Å². The van der Waals surface area contributed by atoms with Gasteiger partial charge in [-0.15, -0.1) is 0 Å². The highest BCUT2D eigenvalue weighted by molar-refractivity contribution is 5.87. The molecule has 0 radical (unpaired) electrons. The molecule has 1 heterocycles. The third-order valence-electron chi connectivity index (χ3n) is 4.80. The first-order valence-corrected chi connectivity index (χ1v) is 8.09. The Morgan fingerprint density at radius 3 is 2.75 bits per heavy atom. The van der Waals surface area contributed by atoms with Crippen LogP contribution in [0.2, 0.25) is 0 Å². The Kier molecular flexibility index (Phi) is 3.65. The Hall–Kier alpha value is -2.53. The molecule has 0 atom stereocenters. The lowest BCUT2D eigenvalue weighted by atomic mass is 9.95. The summed E-state index contributed by atoms with van der Waals surface area (Å²) in [5.41, 5.74) is 2.74. The number of carboxylic acid groups (broad SMARTS) is 1. The summed E-state index contributed by atoms with van der Waals surface area (Å²) in [5.74, 6) is 0.747. The molecular formula is C19H19NO4. The van der Waals surface area contributed by atoms with E-state index in [2.05, 4.69) is 17.4 Å². The van der Waals surface area contributed by atoms with Gasteiger partial charge in [-0.1, -0.05) is 18.2 Å². The fourth-order valence-electron chi connectivity index (χ4n) is 3.21. The van der Waals surface area contributed by atoms with Crippen LogP contribution in [-0.4, -0.2) is 24.4 Å². The zero-order chi connectivity index (χ0) is 16.6. The second kappa shape index (κ2) is 5.83. The van der Waals surface area contributed by atoms with Crippen LogP contribution < -0.4 is 14.8 Å². The maximum absolute atomic E-state index is 11.0. The third-order valence-corrected chi connectivity index (χ3v) is 4.80. The minimum atomic E-state index is -0.893. The Morgan fingerprint density at radius 1 is 1.12 bits per heavy atom. The molecule has 2 N–H and O–H groups in total. The largest absolute Gasteiger partial charge is 0.478 e. The molecule has 0 saturated heterocycles. The van der Waals surface area contributed by atoms with E-state index in [-0.39, 0.29) is 5.41 Å². The van der Waals surface area contributed by atoms with Gasteiger partial charge in [-0.3, -0.25) is 0 Å². The highest BCUT2D eigenvalue weighted by Crippen LogP contribution is 2.49. The number of carbonyl (C=O) groups is 1. The number of fused-ring (bicyclic) bond motifs is 1. The first-order valence-electron chi connectivity index (χ1n) is 8.09. The van der Waals surface area contributed by atoms with Gasteiger partial charge in [-0.2, -0.15) is 0 Å². The number of ether oxygens (including phenoxy) is 2. The lowest BCUT2D eigenvalue weighted by Crippen LogP contribution is -2.26. The van der Waals surface area contributed by atoms with Crippen LogP contribution in [0.4, 0.5) is 0 Å². The average Bonchev–Trinajstić information content (AvgIpc) is 3.23. The molecule has 0 spiro atoms. The molecule has 2 aromatic carbocycles. The second-order valence-electron chi connectivity index (χ2n) is 6.46. The van der Waals surface area contributed by atoms with Crippen molar-refractivity contribution in [3.8, 4) is 11.5 Å². The Morgan fingerprint density at radius 2 is 1.96 bits per heavy atom. The first-order chi connectivity index (χ1) is 11.7. The molecule has 5 heteroatoms. The number of benzene rings is 2. The van der Waals surface area contributed by atoms with Crippen LogP contribution in [0.15, 0.2) is 42.5 Å². The lowest BCUT2D eigenvalue weighted by molar-refractivity contribution is 0.0696. The summed E-state index contributed by atoms with van der Waals surface area (Å²) in [5, 5.41) is 12.5. The van der Waals surface area contributed by atoms with E-state index in [4.69, 9.17) is 14.6 Å². The van der Waals surface area contributed by atoms with E-state index in [0.29, 0.717) is 18.9 Å². The maximum atomic E-state index is 11.0. The van der Waals surface area contributed by atoms with E-state index < -0.39 is 5.97 Å². The van der Waals surface area contributed by atoms with Gasteiger partial charge in [-0.05, 0) is 48.2 Å². The van der Waals surface area contributed by atoms with Gasteiger partial charge < -0.3 is 19.9 Å². The SMILES string of the molecule is O=C(O)c1cccc(CNCC2(c3ccc4c(c3)OCO4)CC2)c1. The molecule has 0 amide bonds. The van der Waals surface area contributed by atoms with E-state index in [9.17, 15) is 4.79 Å². The molecule has 0 bridgehead atoms. The van der Waals surface area contributed by atoms with Crippen molar-refractivity contribution < 1.29 is 19.4 Å². The van der Waals surface area contributed by atoms with Crippen LogP contribution in [0.25, 0.3) is 0 Å². The Labute approximate surface area is 140 Å². The van der Waals surface area contributed by atoms with Crippen LogP contribution >= 0.6 is 0 Å². The molecule has 0 unspecified atom stereocenters. The molecule has 1 aliphatic heterocycles. The topological polar surface area (TPSA) is 67.8 Å². The summed E-state index contributed by atoms with van der Waals surface area (Å²) in [6.07, 6.45) is 2.30. The van der Waals surface area contributed by atoms with Crippen LogP contribution in [-0.2, 0) is 12.0 Å². The van der Waals surface area contributed by atoms with E-state index >= 15 is 0 Å². The molecule has 24 heavy (non-hydrogen) atoms. The quantitative estimate of drug-likeness (QED) is 0.855. The molecule has 1 aliphatic carbocycles. The van der Waals surface area contributed by atoms with Gasteiger partial charge in [0.05, 0.1) is 5.56 Å². The lowest BCUT2D eigenvalue weighted by Gasteiger charge is -2.17. The van der Waals surface area contributed by atoms with E-state index in [1.165, 1.54) is 5.56 Å². The molecule has 1 fully saturated rings. The average molecular weight is 325 g/mol. The minimum absolute atomic E-state index is 0.158. The molecule has 2 aromatic rings. The smallest absolute Gasteiger partial charge is 0.335 e. The maximum Gasteiger partial charge on any atom is 0.335 e. The van der Waals surface area contributed by atoms with E-state index in [1.54, 1.807) is 18.2 Å². The molecule has 0 aromatic heterocycles. The van der Waals surface area contributed by atoms with Gasteiger partial charge >= 0.3 is 5.97 Å². The highest BCUT2D eigenvalue weighted by Gasteiger charge is 2.44. The standard InChI is InChI=1S/C19H19NO4/c21-18(22)14-3-1-2-13(8-14)10-20-11-19(6-7-19)15-4-5-16-17(9-15)24-12-23-16/h1-5,8-9,20H,6-7,10-12H2,(H,21,22). The minimum Gasteiger partial charge on any atom is -0.478 e. The fraction of sp³-hybridized carbons (Fsp3) is 0.316. The molecule has 124 valence electrons. The van der Waals surface area contributed by atoms with Crippen molar-refractivity contribution in [1.29, 1.82) is 0 Å². The Balaban J connectivity index is 1.41. The van der Waals surface area contributed by atoms with Gasteiger partial charge in [0.2, 0.25) is 6.79 Å². The summed E-state index contributed by atoms with van der Waals surface area (Å²) in [4.78, 5) is 11.0. The predicted molar refractivity (Wildman–Crippen MR) is 88.6 cm³/mol. The van der Waals surface area contributed by atoms with E-state index in [1.807, 2.05) is 12.1 Å². The molecule has 5 nitrogen and oxygen atoms in total. The summed E-state index contributed by atoms with van der Waals surface area (Å²) in [7, 11) is 0. The molecular weight excluding hydrogens is 306 g/mol. The normalized spacial score (nSPS) is 16.8. The number of aromatic carboxylic acids is 1. The fourth-order valence-corrected chi connectivity index (χ4v) is 3.21. The summed E-state index contributed by atoms with van der Waals surface area (Å²) < 4.78 is 10.8. The Bertz CT molecular complexity index is 783. The molecule has 4 rings (SSSR count). The summed E-state index contributed by atoms with van der Waals surface area (Å²) in [6, 6.07) is 13.2. The van der Waals surface area contributed by atoms with Crippen molar-refractivity contribution in [2.24, 2.45) is 0 Å². The van der Waals surface area contributed by atoms with E-state index in [0.717, 1.165) is 36.4 Å². The van der Waals surface area contributed by atoms with Gasteiger partial charge in [0.25, 0.3) is 0 Å².